The van der Waals surface area contributed by atoms with Crippen molar-refractivity contribution in [3.63, 3.8) is 0 Å². The first-order valence-corrected chi connectivity index (χ1v) is 7.48. The molecule has 1 N–H and O–H groups in total. The van der Waals surface area contributed by atoms with Gasteiger partial charge < -0.3 is 10.2 Å². The molecule has 1 atom stereocenters. The summed E-state index contributed by atoms with van der Waals surface area (Å²) in [5, 5.41) is 3.59. The molecule has 1 saturated carbocycles. The fourth-order valence-electron chi connectivity index (χ4n) is 3.05. The van der Waals surface area contributed by atoms with Gasteiger partial charge in [0.1, 0.15) is 0 Å². The van der Waals surface area contributed by atoms with Crippen LogP contribution < -0.4 is 5.32 Å². The maximum absolute atomic E-state index is 12.5. The van der Waals surface area contributed by atoms with Crippen molar-refractivity contribution in [2.75, 3.05) is 6.54 Å². The van der Waals surface area contributed by atoms with Crippen molar-refractivity contribution in [1.29, 1.82) is 0 Å². The van der Waals surface area contributed by atoms with Crippen LogP contribution >= 0.6 is 0 Å². The van der Waals surface area contributed by atoms with Crippen molar-refractivity contribution < 1.29 is 4.79 Å². The van der Waals surface area contributed by atoms with E-state index in [1.807, 2.05) is 13.8 Å². The first kappa shape index (κ1) is 13.9. The summed E-state index contributed by atoms with van der Waals surface area (Å²) in [6.45, 7) is 9.44. The zero-order valence-corrected chi connectivity index (χ0v) is 12.3. The van der Waals surface area contributed by atoms with E-state index < -0.39 is 0 Å². The molecular formula is C15H28N2O. The Labute approximate surface area is 111 Å². The Morgan fingerprint density at radius 1 is 1.33 bits per heavy atom. The largest absolute Gasteiger partial charge is 0.333 e. The Balaban J connectivity index is 2.05. The van der Waals surface area contributed by atoms with Gasteiger partial charge in [-0.2, -0.15) is 0 Å². The van der Waals surface area contributed by atoms with Crippen molar-refractivity contribution >= 4 is 5.91 Å². The van der Waals surface area contributed by atoms with Crippen molar-refractivity contribution in [2.45, 2.75) is 77.4 Å². The third-order valence-corrected chi connectivity index (χ3v) is 4.29. The highest BCUT2D eigenvalue weighted by Crippen LogP contribution is 2.33. The van der Waals surface area contributed by atoms with E-state index in [4.69, 9.17) is 0 Å². The Morgan fingerprint density at radius 2 is 2.00 bits per heavy atom. The highest BCUT2D eigenvalue weighted by atomic mass is 16.2. The van der Waals surface area contributed by atoms with Crippen LogP contribution in [0.3, 0.4) is 0 Å². The SMILES string of the molecule is CC(C)C(=O)N1C(CNC2CC2)CCCC1(C)C. The zero-order valence-electron chi connectivity index (χ0n) is 12.3. The summed E-state index contributed by atoms with van der Waals surface area (Å²) in [5.74, 6) is 0.424. The van der Waals surface area contributed by atoms with E-state index in [2.05, 4.69) is 24.1 Å². The van der Waals surface area contributed by atoms with Crippen LogP contribution in [0.15, 0.2) is 0 Å². The third kappa shape index (κ3) is 3.05. The summed E-state index contributed by atoms with van der Waals surface area (Å²) in [4.78, 5) is 14.7. The molecule has 0 spiro atoms. The Bertz CT molecular complexity index is 308. The second-order valence-corrected chi connectivity index (χ2v) is 6.90. The minimum Gasteiger partial charge on any atom is -0.333 e. The first-order valence-electron chi connectivity index (χ1n) is 7.48. The molecule has 3 heteroatoms. The van der Waals surface area contributed by atoms with Crippen LogP contribution in [0, 0.1) is 5.92 Å². The average Bonchev–Trinajstić information content (AvgIpc) is 3.08. The number of amides is 1. The fraction of sp³-hybridized carbons (Fsp3) is 0.933. The number of piperidine rings is 1. The van der Waals surface area contributed by atoms with Crippen LogP contribution in [0.25, 0.3) is 0 Å². The molecule has 0 aromatic heterocycles. The summed E-state index contributed by atoms with van der Waals surface area (Å²) in [5.41, 5.74) is 0.0233. The van der Waals surface area contributed by atoms with Gasteiger partial charge in [0.15, 0.2) is 0 Å². The second-order valence-electron chi connectivity index (χ2n) is 6.90. The van der Waals surface area contributed by atoms with Gasteiger partial charge in [-0.3, -0.25) is 4.79 Å². The Morgan fingerprint density at radius 3 is 2.56 bits per heavy atom. The van der Waals surface area contributed by atoms with Crippen LogP contribution in [0.2, 0.25) is 0 Å². The zero-order chi connectivity index (χ0) is 13.3. The molecule has 2 aliphatic rings. The smallest absolute Gasteiger partial charge is 0.225 e. The number of carbonyl (C=O) groups is 1. The number of rotatable bonds is 4. The van der Waals surface area contributed by atoms with E-state index in [0.29, 0.717) is 11.9 Å². The van der Waals surface area contributed by atoms with Gasteiger partial charge in [-0.05, 0) is 46.0 Å². The molecule has 104 valence electrons. The number of nitrogens with one attached hydrogen (secondary N) is 1. The molecule has 0 aromatic carbocycles. The summed E-state index contributed by atoms with van der Waals surface area (Å²) in [6.07, 6.45) is 6.15. The van der Waals surface area contributed by atoms with E-state index in [9.17, 15) is 4.79 Å². The van der Waals surface area contributed by atoms with Crippen LogP contribution in [-0.4, -0.2) is 35.0 Å². The quantitative estimate of drug-likeness (QED) is 0.834. The van der Waals surface area contributed by atoms with Gasteiger partial charge in [0.2, 0.25) is 5.91 Å². The molecule has 1 aliphatic heterocycles. The van der Waals surface area contributed by atoms with Crippen molar-refractivity contribution in [2.24, 2.45) is 5.92 Å². The predicted molar refractivity (Wildman–Crippen MR) is 74.4 cm³/mol. The second kappa shape index (κ2) is 5.20. The molecule has 1 amide bonds. The lowest BCUT2D eigenvalue weighted by molar-refractivity contribution is -0.146. The van der Waals surface area contributed by atoms with Crippen molar-refractivity contribution in [1.82, 2.24) is 10.2 Å². The number of hydrogen-bond donors (Lipinski definition) is 1. The van der Waals surface area contributed by atoms with Gasteiger partial charge in [0.25, 0.3) is 0 Å². The Hall–Kier alpha value is -0.570. The van der Waals surface area contributed by atoms with E-state index in [1.54, 1.807) is 0 Å². The lowest BCUT2D eigenvalue weighted by atomic mass is 9.85. The maximum Gasteiger partial charge on any atom is 0.225 e. The van der Waals surface area contributed by atoms with Gasteiger partial charge in [-0.25, -0.2) is 0 Å². The summed E-state index contributed by atoms with van der Waals surface area (Å²) in [6, 6.07) is 1.12. The minimum atomic E-state index is 0.0233. The number of nitrogens with zero attached hydrogens (tertiary/aromatic N) is 1. The van der Waals surface area contributed by atoms with Crippen LogP contribution in [0.5, 0.6) is 0 Å². The topological polar surface area (TPSA) is 32.3 Å². The monoisotopic (exact) mass is 252 g/mol. The molecule has 1 aliphatic carbocycles. The Kier molecular flexibility index (Phi) is 4.00. The summed E-state index contributed by atoms with van der Waals surface area (Å²) in [7, 11) is 0. The number of hydrogen-bond acceptors (Lipinski definition) is 2. The molecule has 0 aromatic rings. The third-order valence-electron chi connectivity index (χ3n) is 4.29. The van der Waals surface area contributed by atoms with Gasteiger partial charge in [-0.1, -0.05) is 13.8 Å². The average molecular weight is 252 g/mol. The molecule has 2 rings (SSSR count). The molecule has 18 heavy (non-hydrogen) atoms. The molecular weight excluding hydrogens is 224 g/mol. The van der Waals surface area contributed by atoms with Crippen LogP contribution in [0.1, 0.15) is 59.8 Å². The van der Waals surface area contributed by atoms with E-state index in [1.165, 1.54) is 19.3 Å². The number of likely N-dealkylation sites (tertiary alicyclic amines) is 1. The lowest BCUT2D eigenvalue weighted by Crippen LogP contribution is -2.59. The van der Waals surface area contributed by atoms with Crippen LogP contribution in [0.4, 0.5) is 0 Å². The first-order chi connectivity index (χ1) is 8.42. The van der Waals surface area contributed by atoms with Gasteiger partial charge in [-0.15, -0.1) is 0 Å². The molecule has 3 nitrogen and oxygen atoms in total. The molecule has 1 saturated heterocycles. The van der Waals surface area contributed by atoms with Crippen molar-refractivity contribution in [3.8, 4) is 0 Å². The van der Waals surface area contributed by atoms with Crippen molar-refractivity contribution in [3.05, 3.63) is 0 Å². The van der Waals surface area contributed by atoms with E-state index in [-0.39, 0.29) is 11.5 Å². The van der Waals surface area contributed by atoms with Gasteiger partial charge in [0.05, 0.1) is 0 Å². The predicted octanol–water partition coefficient (Wildman–Crippen LogP) is 2.55. The van der Waals surface area contributed by atoms with Gasteiger partial charge >= 0.3 is 0 Å². The highest BCUT2D eigenvalue weighted by molar-refractivity contribution is 5.79. The lowest BCUT2D eigenvalue weighted by Gasteiger charge is -2.49. The standard InChI is InChI=1S/C15H28N2O/c1-11(2)14(18)17-13(10-16-12-7-8-12)6-5-9-15(17,3)4/h11-13,16H,5-10H2,1-4H3. The molecule has 1 heterocycles. The minimum absolute atomic E-state index is 0.0233. The summed E-state index contributed by atoms with van der Waals surface area (Å²) >= 11 is 0. The highest BCUT2D eigenvalue weighted by Gasteiger charge is 2.40. The molecule has 2 fully saturated rings. The maximum atomic E-state index is 12.5. The fourth-order valence-corrected chi connectivity index (χ4v) is 3.05. The molecule has 0 bridgehead atoms. The normalized spacial score (nSPS) is 27.6. The molecule has 0 radical (unpaired) electrons. The van der Waals surface area contributed by atoms with Gasteiger partial charge in [0, 0.05) is 30.1 Å². The van der Waals surface area contributed by atoms with Crippen LogP contribution in [-0.2, 0) is 4.79 Å². The molecule has 1 unspecified atom stereocenters. The van der Waals surface area contributed by atoms with E-state index >= 15 is 0 Å². The number of carbonyl (C=O) groups excluding carboxylic acids is 1. The van der Waals surface area contributed by atoms with E-state index in [0.717, 1.165) is 25.4 Å². The summed E-state index contributed by atoms with van der Waals surface area (Å²) < 4.78 is 0.